The number of nitriles is 1. The lowest BCUT2D eigenvalue weighted by Gasteiger charge is -2.25. The zero-order valence-corrected chi connectivity index (χ0v) is 17.1. The number of rotatable bonds is 6. The van der Waals surface area contributed by atoms with E-state index in [0.717, 1.165) is 56.9 Å². The fourth-order valence-electron chi connectivity index (χ4n) is 3.58. The number of nitrogens with one attached hydrogen (secondary N) is 1. The van der Waals surface area contributed by atoms with Gasteiger partial charge >= 0.3 is 0 Å². The van der Waals surface area contributed by atoms with E-state index in [1.54, 1.807) is 12.1 Å². The molecule has 0 unspecified atom stereocenters. The highest BCUT2D eigenvalue weighted by Gasteiger charge is 2.25. The first kappa shape index (κ1) is 19.7. The maximum Gasteiger partial charge on any atom is 0.242 e. The molecule has 8 heteroatoms. The topological polar surface area (TPSA) is 89.3 Å². The third-order valence-corrected chi connectivity index (χ3v) is 6.88. The summed E-state index contributed by atoms with van der Waals surface area (Å²) in [4.78, 5) is 9.03. The zero-order chi connectivity index (χ0) is 20.3. The summed E-state index contributed by atoms with van der Waals surface area (Å²) in [5.41, 5.74) is 1.65. The normalized spacial score (nSPS) is 17.6. The molecular formula is C21H25N5O2S. The van der Waals surface area contributed by atoms with E-state index in [4.69, 9.17) is 0 Å². The second-order valence-electron chi connectivity index (χ2n) is 7.60. The summed E-state index contributed by atoms with van der Waals surface area (Å²) < 4.78 is 27.4. The van der Waals surface area contributed by atoms with Gasteiger partial charge in [-0.25, -0.2) is 18.1 Å². The van der Waals surface area contributed by atoms with Crippen LogP contribution < -0.4 is 14.5 Å². The fourth-order valence-corrected chi connectivity index (χ4v) is 4.64. The molecule has 0 amide bonds. The van der Waals surface area contributed by atoms with Crippen molar-refractivity contribution in [1.82, 2.24) is 9.71 Å². The van der Waals surface area contributed by atoms with Crippen molar-refractivity contribution in [3.8, 4) is 6.07 Å². The van der Waals surface area contributed by atoms with E-state index in [0.29, 0.717) is 18.0 Å². The average Bonchev–Trinajstić information content (AvgIpc) is 3.59. The number of benzene rings is 1. The number of sulfonamides is 1. The average molecular weight is 412 g/mol. The molecule has 152 valence electrons. The number of nitrogens with zero attached hydrogens (tertiary/aromatic N) is 4. The van der Waals surface area contributed by atoms with Gasteiger partial charge in [0.25, 0.3) is 0 Å². The van der Waals surface area contributed by atoms with E-state index in [1.165, 1.54) is 6.20 Å². The molecule has 0 bridgehead atoms. The second-order valence-corrected chi connectivity index (χ2v) is 9.37. The summed E-state index contributed by atoms with van der Waals surface area (Å²) in [7, 11) is -3.49. The molecule has 2 fully saturated rings. The molecule has 2 aromatic rings. The van der Waals surface area contributed by atoms with Crippen LogP contribution in [0.5, 0.6) is 0 Å². The summed E-state index contributed by atoms with van der Waals surface area (Å²) in [5, 5.41) is 9.36. The molecule has 2 heterocycles. The molecule has 4 rings (SSSR count). The first-order valence-electron chi connectivity index (χ1n) is 10.0. The minimum Gasteiger partial charge on any atom is -0.369 e. The number of para-hydroxylation sites is 1. The summed E-state index contributed by atoms with van der Waals surface area (Å²) >= 11 is 0. The van der Waals surface area contributed by atoms with Gasteiger partial charge in [0, 0.05) is 38.9 Å². The summed E-state index contributed by atoms with van der Waals surface area (Å²) in [6.45, 7) is 3.76. The Balaban J connectivity index is 1.42. The molecule has 1 aromatic heterocycles. The van der Waals surface area contributed by atoms with Gasteiger partial charge in [-0.1, -0.05) is 12.1 Å². The molecule has 1 aliphatic heterocycles. The van der Waals surface area contributed by atoms with Crippen LogP contribution in [-0.2, 0) is 10.0 Å². The third-order valence-electron chi connectivity index (χ3n) is 5.48. The van der Waals surface area contributed by atoms with Gasteiger partial charge in [-0.05, 0) is 49.4 Å². The van der Waals surface area contributed by atoms with E-state index in [1.807, 2.05) is 24.3 Å². The summed E-state index contributed by atoms with van der Waals surface area (Å²) in [5.74, 6) is 1.27. The van der Waals surface area contributed by atoms with Crippen molar-refractivity contribution in [2.45, 2.75) is 24.2 Å². The van der Waals surface area contributed by atoms with Crippen molar-refractivity contribution in [3.63, 3.8) is 0 Å². The van der Waals surface area contributed by atoms with Crippen molar-refractivity contribution in [3.05, 3.63) is 48.2 Å². The molecule has 0 spiro atoms. The summed E-state index contributed by atoms with van der Waals surface area (Å²) in [6, 6.07) is 13.3. The van der Waals surface area contributed by atoms with Crippen LogP contribution in [0.1, 0.15) is 24.8 Å². The van der Waals surface area contributed by atoms with Crippen molar-refractivity contribution < 1.29 is 8.42 Å². The highest BCUT2D eigenvalue weighted by Crippen LogP contribution is 2.28. The minimum atomic E-state index is -3.49. The first-order chi connectivity index (χ1) is 14.1. The van der Waals surface area contributed by atoms with Crippen LogP contribution in [0.4, 0.5) is 11.5 Å². The predicted molar refractivity (Wildman–Crippen MR) is 112 cm³/mol. The highest BCUT2D eigenvalue weighted by molar-refractivity contribution is 7.89. The van der Waals surface area contributed by atoms with E-state index >= 15 is 0 Å². The Labute approximate surface area is 172 Å². The van der Waals surface area contributed by atoms with Gasteiger partial charge in [0.05, 0.1) is 11.3 Å². The van der Waals surface area contributed by atoms with Gasteiger partial charge in [-0.3, -0.25) is 0 Å². The molecule has 7 nitrogen and oxygen atoms in total. The lowest BCUT2D eigenvalue weighted by molar-refractivity contribution is 0.577. The molecule has 1 aromatic carbocycles. The molecule has 1 saturated carbocycles. The first-order valence-corrected chi connectivity index (χ1v) is 11.5. The Morgan fingerprint density at radius 3 is 2.55 bits per heavy atom. The predicted octanol–water partition coefficient (Wildman–Crippen LogP) is 2.36. The highest BCUT2D eigenvalue weighted by atomic mass is 32.2. The van der Waals surface area contributed by atoms with E-state index in [2.05, 4.69) is 25.6 Å². The van der Waals surface area contributed by atoms with Crippen molar-refractivity contribution in [1.29, 1.82) is 5.26 Å². The molecule has 1 saturated heterocycles. The van der Waals surface area contributed by atoms with Crippen LogP contribution >= 0.6 is 0 Å². The van der Waals surface area contributed by atoms with E-state index in [-0.39, 0.29) is 4.90 Å². The van der Waals surface area contributed by atoms with Gasteiger partial charge < -0.3 is 9.80 Å². The Bertz CT molecular complexity index is 996. The van der Waals surface area contributed by atoms with Gasteiger partial charge in [0.15, 0.2) is 0 Å². The van der Waals surface area contributed by atoms with Crippen molar-refractivity contribution in [2.24, 2.45) is 5.92 Å². The van der Waals surface area contributed by atoms with Crippen LogP contribution in [0.15, 0.2) is 47.5 Å². The molecule has 1 aliphatic carbocycles. The standard InChI is InChI=1S/C21H25N5O2S/c22-14-18-4-1-2-5-20(18)25-10-3-11-26(13-12-25)21-9-8-19(16-23-21)29(27,28)24-15-17-6-7-17/h1-2,4-5,8-9,16-17,24H,3,6-7,10-13,15H2. The maximum absolute atomic E-state index is 12.4. The van der Waals surface area contributed by atoms with Gasteiger partial charge in [0.2, 0.25) is 10.0 Å². The monoisotopic (exact) mass is 411 g/mol. The largest absolute Gasteiger partial charge is 0.369 e. The Morgan fingerprint density at radius 1 is 1.07 bits per heavy atom. The lowest BCUT2D eigenvalue weighted by atomic mass is 10.1. The quantitative estimate of drug-likeness (QED) is 0.785. The SMILES string of the molecule is N#Cc1ccccc1N1CCCN(c2ccc(S(=O)(=O)NCC3CC3)cn2)CC1. The Kier molecular flexibility index (Phi) is 5.69. The van der Waals surface area contributed by atoms with Crippen molar-refractivity contribution >= 4 is 21.5 Å². The maximum atomic E-state index is 12.4. The zero-order valence-electron chi connectivity index (χ0n) is 16.3. The number of hydrogen-bond donors (Lipinski definition) is 1. The second kappa shape index (κ2) is 8.39. The van der Waals surface area contributed by atoms with Gasteiger partial charge in [-0.15, -0.1) is 0 Å². The number of pyridine rings is 1. The van der Waals surface area contributed by atoms with Gasteiger partial charge in [0.1, 0.15) is 16.8 Å². The van der Waals surface area contributed by atoms with Crippen LogP contribution in [0.25, 0.3) is 0 Å². The number of hydrogen-bond acceptors (Lipinski definition) is 6. The molecule has 2 aliphatic rings. The van der Waals surface area contributed by atoms with Crippen LogP contribution in [0, 0.1) is 17.2 Å². The smallest absolute Gasteiger partial charge is 0.242 e. The van der Waals surface area contributed by atoms with Crippen molar-refractivity contribution in [2.75, 3.05) is 42.5 Å². The number of anilines is 2. The van der Waals surface area contributed by atoms with Crippen LogP contribution in [-0.4, -0.2) is 46.1 Å². The Hall–Kier alpha value is -2.63. The van der Waals surface area contributed by atoms with Crippen LogP contribution in [0.3, 0.4) is 0 Å². The Morgan fingerprint density at radius 2 is 1.83 bits per heavy atom. The van der Waals surface area contributed by atoms with Gasteiger partial charge in [-0.2, -0.15) is 5.26 Å². The summed E-state index contributed by atoms with van der Waals surface area (Å²) in [6.07, 6.45) is 4.58. The van der Waals surface area contributed by atoms with E-state index < -0.39 is 10.0 Å². The molecule has 0 radical (unpaired) electrons. The van der Waals surface area contributed by atoms with E-state index in [9.17, 15) is 13.7 Å². The fraction of sp³-hybridized carbons (Fsp3) is 0.429. The molecule has 0 atom stereocenters. The molecular weight excluding hydrogens is 386 g/mol. The minimum absolute atomic E-state index is 0.210. The molecule has 29 heavy (non-hydrogen) atoms. The lowest BCUT2D eigenvalue weighted by Crippen LogP contribution is -2.31. The third kappa shape index (κ3) is 4.69. The van der Waals surface area contributed by atoms with Crippen LogP contribution in [0.2, 0.25) is 0 Å². The number of aromatic nitrogens is 1. The molecule has 1 N–H and O–H groups in total.